The Morgan fingerprint density at radius 2 is 2.17 bits per heavy atom. The van der Waals surface area contributed by atoms with Gasteiger partial charge >= 0.3 is 0 Å². The summed E-state index contributed by atoms with van der Waals surface area (Å²) in [6.45, 7) is 3.17. The van der Waals surface area contributed by atoms with Crippen molar-refractivity contribution >= 4 is 5.91 Å². The third-order valence-corrected chi connectivity index (χ3v) is 4.83. The zero-order chi connectivity index (χ0) is 16.1. The molecule has 2 aliphatic rings. The van der Waals surface area contributed by atoms with Gasteiger partial charge in [-0.3, -0.25) is 9.69 Å². The van der Waals surface area contributed by atoms with Crippen LogP contribution in [0, 0.1) is 0 Å². The summed E-state index contributed by atoms with van der Waals surface area (Å²) in [5.41, 5.74) is 0. The standard InChI is InChI=1S/C17H26N4O2/c1-20(13-16-18-7-4-8-19-16)14-6-9-21(12-14)17(22)11-15-5-2-3-10-23-15/h4,7-8,14-15H,2-3,5-6,9-13H2,1H3/t14-,15+/m1/s1. The van der Waals surface area contributed by atoms with Gasteiger partial charge in [0.1, 0.15) is 5.82 Å². The maximum atomic E-state index is 12.4. The lowest BCUT2D eigenvalue weighted by Gasteiger charge is -2.26. The van der Waals surface area contributed by atoms with Gasteiger partial charge in [-0.05, 0) is 38.8 Å². The van der Waals surface area contributed by atoms with E-state index in [0.29, 0.717) is 12.5 Å². The van der Waals surface area contributed by atoms with E-state index in [1.54, 1.807) is 12.4 Å². The molecule has 2 aliphatic heterocycles. The molecular weight excluding hydrogens is 292 g/mol. The lowest BCUT2D eigenvalue weighted by molar-refractivity contribution is -0.134. The SMILES string of the molecule is CN(Cc1ncccn1)[C@@H]1CCN(C(=O)C[C@@H]2CCCCO2)C1. The van der Waals surface area contributed by atoms with Crippen molar-refractivity contribution in [3.63, 3.8) is 0 Å². The highest BCUT2D eigenvalue weighted by Crippen LogP contribution is 2.20. The smallest absolute Gasteiger partial charge is 0.225 e. The summed E-state index contributed by atoms with van der Waals surface area (Å²) >= 11 is 0. The van der Waals surface area contributed by atoms with Gasteiger partial charge in [-0.1, -0.05) is 0 Å². The minimum absolute atomic E-state index is 0.130. The molecule has 6 heteroatoms. The molecule has 2 saturated heterocycles. The predicted molar refractivity (Wildman–Crippen MR) is 86.7 cm³/mol. The van der Waals surface area contributed by atoms with E-state index in [1.165, 1.54) is 6.42 Å². The lowest BCUT2D eigenvalue weighted by atomic mass is 10.1. The highest BCUT2D eigenvalue weighted by molar-refractivity contribution is 5.77. The number of hydrogen-bond donors (Lipinski definition) is 0. The second-order valence-electron chi connectivity index (χ2n) is 6.56. The van der Waals surface area contributed by atoms with Crippen molar-refractivity contribution in [2.24, 2.45) is 0 Å². The molecule has 1 aromatic heterocycles. The molecule has 0 radical (unpaired) electrons. The molecule has 0 aliphatic carbocycles. The van der Waals surface area contributed by atoms with Gasteiger partial charge < -0.3 is 9.64 Å². The van der Waals surface area contributed by atoms with Crippen molar-refractivity contribution in [1.82, 2.24) is 19.8 Å². The number of ether oxygens (including phenoxy) is 1. The monoisotopic (exact) mass is 318 g/mol. The summed E-state index contributed by atoms with van der Waals surface area (Å²) in [6.07, 6.45) is 8.55. The van der Waals surface area contributed by atoms with E-state index in [0.717, 1.165) is 51.3 Å². The van der Waals surface area contributed by atoms with Gasteiger partial charge in [0.2, 0.25) is 5.91 Å². The van der Waals surface area contributed by atoms with Gasteiger partial charge in [0.15, 0.2) is 0 Å². The van der Waals surface area contributed by atoms with Gasteiger partial charge in [0, 0.05) is 38.1 Å². The van der Waals surface area contributed by atoms with Crippen LogP contribution in [-0.2, 0) is 16.1 Å². The number of nitrogens with zero attached hydrogens (tertiary/aromatic N) is 4. The number of aromatic nitrogens is 2. The van der Waals surface area contributed by atoms with Gasteiger partial charge in [-0.2, -0.15) is 0 Å². The molecule has 0 bridgehead atoms. The zero-order valence-electron chi connectivity index (χ0n) is 13.9. The number of hydrogen-bond acceptors (Lipinski definition) is 5. The molecule has 0 saturated carbocycles. The van der Waals surface area contributed by atoms with E-state index < -0.39 is 0 Å². The average molecular weight is 318 g/mol. The molecule has 2 atom stereocenters. The maximum absolute atomic E-state index is 12.4. The highest BCUT2D eigenvalue weighted by Gasteiger charge is 2.30. The van der Waals surface area contributed by atoms with Crippen LogP contribution in [0.4, 0.5) is 0 Å². The second kappa shape index (κ2) is 7.84. The van der Waals surface area contributed by atoms with Crippen molar-refractivity contribution < 1.29 is 9.53 Å². The van der Waals surface area contributed by atoms with Crippen LogP contribution >= 0.6 is 0 Å². The summed E-state index contributed by atoms with van der Waals surface area (Å²) in [5, 5.41) is 0. The molecule has 23 heavy (non-hydrogen) atoms. The van der Waals surface area contributed by atoms with E-state index in [1.807, 2.05) is 11.0 Å². The Bertz CT molecular complexity index is 505. The molecule has 1 aromatic rings. The summed E-state index contributed by atoms with van der Waals surface area (Å²) in [5.74, 6) is 1.07. The van der Waals surface area contributed by atoms with Crippen molar-refractivity contribution in [1.29, 1.82) is 0 Å². The van der Waals surface area contributed by atoms with E-state index in [9.17, 15) is 4.79 Å². The summed E-state index contributed by atoms with van der Waals surface area (Å²) < 4.78 is 5.69. The summed E-state index contributed by atoms with van der Waals surface area (Å²) in [4.78, 5) is 25.2. The van der Waals surface area contributed by atoms with E-state index in [4.69, 9.17) is 4.74 Å². The van der Waals surface area contributed by atoms with Crippen LogP contribution in [-0.4, -0.2) is 64.6 Å². The van der Waals surface area contributed by atoms with Gasteiger partial charge in [-0.25, -0.2) is 9.97 Å². The fraction of sp³-hybridized carbons (Fsp3) is 0.706. The zero-order valence-corrected chi connectivity index (χ0v) is 13.9. The minimum Gasteiger partial charge on any atom is -0.378 e. The first kappa shape index (κ1) is 16.3. The first-order valence-corrected chi connectivity index (χ1v) is 8.58. The number of rotatable bonds is 5. The van der Waals surface area contributed by atoms with Crippen molar-refractivity contribution in [3.8, 4) is 0 Å². The second-order valence-corrected chi connectivity index (χ2v) is 6.56. The Balaban J connectivity index is 1.46. The Morgan fingerprint density at radius 3 is 2.91 bits per heavy atom. The molecule has 3 rings (SSSR count). The van der Waals surface area contributed by atoms with Gasteiger partial charge in [0.25, 0.3) is 0 Å². The molecule has 0 aromatic carbocycles. The predicted octanol–water partition coefficient (Wildman–Crippen LogP) is 1.47. The Hall–Kier alpha value is -1.53. The first-order valence-electron chi connectivity index (χ1n) is 8.58. The lowest BCUT2D eigenvalue weighted by Crippen LogP contribution is -2.38. The number of amides is 1. The van der Waals surface area contributed by atoms with Gasteiger partial charge in [0.05, 0.1) is 19.1 Å². The van der Waals surface area contributed by atoms with Crippen LogP contribution in [0.3, 0.4) is 0 Å². The Morgan fingerprint density at radius 1 is 1.35 bits per heavy atom. The molecular formula is C17H26N4O2. The molecule has 0 unspecified atom stereocenters. The molecule has 6 nitrogen and oxygen atoms in total. The molecule has 0 spiro atoms. The Labute approximate surface area is 137 Å². The molecule has 1 amide bonds. The summed E-state index contributed by atoms with van der Waals surface area (Å²) in [7, 11) is 2.08. The van der Waals surface area contributed by atoms with Crippen LogP contribution in [0.1, 0.15) is 37.9 Å². The highest BCUT2D eigenvalue weighted by atomic mass is 16.5. The van der Waals surface area contributed by atoms with Crippen LogP contribution < -0.4 is 0 Å². The van der Waals surface area contributed by atoms with Crippen molar-refractivity contribution in [2.45, 2.75) is 50.8 Å². The summed E-state index contributed by atoms with van der Waals surface area (Å²) in [6, 6.07) is 2.21. The molecule has 2 fully saturated rings. The van der Waals surface area contributed by atoms with E-state index >= 15 is 0 Å². The van der Waals surface area contributed by atoms with Gasteiger partial charge in [-0.15, -0.1) is 0 Å². The van der Waals surface area contributed by atoms with Crippen LogP contribution in [0.2, 0.25) is 0 Å². The molecule has 126 valence electrons. The van der Waals surface area contributed by atoms with E-state index in [-0.39, 0.29) is 12.0 Å². The first-order chi connectivity index (χ1) is 11.2. The van der Waals surface area contributed by atoms with E-state index in [2.05, 4.69) is 21.9 Å². The number of carbonyl (C=O) groups excluding carboxylic acids is 1. The quantitative estimate of drug-likeness (QED) is 0.823. The number of likely N-dealkylation sites (tertiary alicyclic amines) is 1. The third-order valence-electron chi connectivity index (χ3n) is 4.83. The Kier molecular flexibility index (Phi) is 5.56. The van der Waals surface area contributed by atoms with Crippen molar-refractivity contribution in [3.05, 3.63) is 24.3 Å². The third kappa shape index (κ3) is 4.48. The number of carbonyl (C=O) groups is 1. The normalized spacial score (nSPS) is 25.0. The fourth-order valence-corrected chi connectivity index (χ4v) is 3.38. The van der Waals surface area contributed by atoms with Crippen LogP contribution in [0.5, 0.6) is 0 Å². The maximum Gasteiger partial charge on any atom is 0.225 e. The number of likely N-dealkylation sites (N-methyl/N-ethyl adjacent to an activating group) is 1. The average Bonchev–Trinajstić information content (AvgIpc) is 3.07. The van der Waals surface area contributed by atoms with Crippen molar-refractivity contribution in [2.75, 3.05) is 26.7 Å². The molecule has 3 heterocycles. The van der Waals surface area contributed by atoms with Crippen LogP contribution in [0.15, 0.2) is 18.5 Å². The minimum atomic E-state index is 0.130. The fourth-order valence-electron chi connectivity index (χ4n) is 3.38. The van der Waals surface area contributed by atoms with Crippen LogP contribution in [0.25, 0.3) is 0 Å². The topological polar surface area (TPSA) is 58.6 Å². The largest absolute Gasteiger partial charge is 0.378 e. The molecule has 0 N–H and O–H groups in total.